The van der Waals surface area contributed by atoms with Crippen LogP contribution in [-0.2, 0) is 41.4 Å². The fourth-order valence-corrected chi connectivity index (χ4v) is 12.5. The second-order valence-corrected chi connectivity index (χ2v) is 21.8. The van der Waals surface area contributed by atoms with Gasteiger partial charge in [-0.05, 0) is 60.9 Å². The third-order valence-electron chi connectivity index (χ3n) is 11.2. The van der Waals surface area contributed by atoms with E-state index in [9.17, 15) is 38.9 Å². The normalized spacial score (nSPS) is 16.4. The van der Waals surface area contributed by atoms with Gasteiger partial charge in [0.15, 0.2) is 17.2 Å². The van der Waals surface area contributed by atoms with Crippen molar-refractivity contribution in [2.24, 2.45) is 0 Å². The molecule has 2 N–H and O–H groups in total. The lowest BCUT2D eigenvalue weighted by molar-refractivity contribution is 0.327. The van der Waals surface area contributed by atoms with Gasteiger partial charge in [0.2, 0.25) is 5.36 Å². The van der Waals surface area contributed by atoms with E-state index >= 15 is 13.2 Å². The summed E-state index contributed by atoms with van der Waals surface area (Å²) in [5.41, 5.74) is 0.168. The van der Waals surface area contributed by atoms with Crippen molar-refractivity contribution in [3.05, 3.63) is 104 Å². The minimum Gasteiger partial charge on any atom is -0.744 e. The Bertz CT molecular complexity index is 3120. The van der Waals surface area contributed by atoms with Crippen LogP contribution in [-0.4, -0.2) is 63.5 Å². The molecule has 0 saturated heterocycles. The van der Waals surface area contributed by atoms with Crippen LogP contribution in [0.25, 0.3) is 26.5 Å². The summed E-state index contributed by atoms with van der Waals surface area (Å²) in [4.78, 5) is 1.78. The number of thiophene rings is 2. The SMILES string of the molecule is CC1(C)c2ccsc2-c2cc3c(cc2N1CCCS(=O)(=O)O)Oc1cc2c(cc1=C3c1c(F)c(F)cc(F)c1S(=O)(=O)[O-])-c1sccc1C(C)(C)[N+]=2CCCS(=O)(=O)O. The molecule has 8 rings (SSSR count). The van der Waals surface area contributed by atoms with Crippen LogP contribution < -0.4 is 24.8 Å². The van der Waals surface area contributed by atoms with Crippen LogP contribution in [0.5, 0.6) is 11.5 Å². The van der Waals surface area contributed by atoms with Crippen molar-refractivity contribution in [3.8, 4) is 32.4 Å². The van der Waals surface area contributed by atoms with Crippen molar-refractivity contribution < 1.29 is 56.8 Å². The van der Waals surface area contributed by atoms with Crippen molar-refractivity contribution in [1.29, 1.82) is 0 Å². The quantitative estimate of drug-likeness (QED) is 0.0912. The average Bonchev–Trinajstić information content (AvgIpc) is 3.82. The van der Waals surface area contributed by atoms with Gasteiger partial charge in [-0.2, -0.15) is 16.8 Å². The molecule has 20 heteroatoms. The van der Waals surface area contributed by atoms with Crippen LogP contribution >= 0.6 is 22.7 Å². The summed E-state index contributed by atoms with van der Waals surface area (Å²) in [7, 11) is -14.5. The number of fused-ring (bicyclic) bond motifs is 8. The highest BCUT2D eigenvalue weighted by Crippen LogP contribution is 2.54. The molecular weight excluding hydrogens is 874 g/mol. The lowest BCUT2D eigenvalue weighted by atomic mass is 9.82. The van der Waals surface area contributed by atoms with Gasteiger partial charge in [0.25, 0.3) is 20.2 Å². The van der Waals surface area contributed by atoms with E-state index in [1.165, 1.54) is 22.7 Å². The molecule has 0 spiro atoms. The molecule has 0 unspecified atom stereocenters. The van der Waals surface area contributed by atoms with Gasteiger partial charge in [-0.25, -0.2) is 26.2 Å². The zero-order chi connectivity index (χ0) is 42.8. The molecule has 312 valence electrons. The van der Waals surface area contributed by atoms with E-state index in [4.69, 9.17) is 4.74 Å². The zero-order valence-corrected chi connectivity index (χ0v) is 35.8. The molecule has 59 heavy (non-hydrogen) atoms. The fraction of sp³-hybridized carbons (Fsp3) is 0.308. The Kier molecular flexibility index (Phi) is 9.83. The molecule has 2 aromatic heterocycles. The highest BCUT2D eigenvalue weighted by Gasteiger charge is 2.43. The highest BCUT2D eigenvalue weighted by molar-refractivity contribution is 7.86. The first-order valence-electron chi connectivity index (χ1n) is 18.1. The largest absolute Gasteiger partial charge is 0.744 e. The van der Waals surface area contributed by atoms with Crippen molar-refractivity contribution in [1.82, 2.24) is 4.58 Å². The predicted molar refractivity (Wildman–Crippen MR) is 216 cm³/mol. The second-order valence-electron chi connectivity index (χ2n) is 15.5. The summed E-state index contributed by atoms with van der Waals surface area (Å²) in [6, 6.07) is 10.0. The molecular formula is C39H35F3N2O10S5. The third-order valence-corrected chi connectivity index (χ3v) is 15.6. The Morgan fingerprint density at radius 3 is 2.05 bits per heavy atom. The van der Waals surface area contributed by atoms with Crippen LogP contribution in [0.3, 0.4) is 0 Å². The summed E-state index contributed by atoms with van der Waals surface area (Å²) in [5, 5.41) is 4.19. The van der Waals surface area contributed by atoms with E-state index in [0.717, 1.165) is 20.9 Å². The Labute approximate surface area is 345 Å². The summed E-state index contributed by atoms with van der Waals surface area (Å²) in [5.74, 6) is -6.46. The molecule has 5 aromatic rings. The lowest BCUT2D eigenvalue weighted by Gasteiger charge is -2.45. The van der Waals surface area contributed by atoms with Crippen LogP contribution in [0, 0.1) is 17.5 Å². The van der Waals surface area contributed by atoms with Gasteiger partial charge in [-0.3, -0.25) is 9.11 Å². The molecule has 0 amide bonds. The number of anilines is 1. The van der Waals surface area contributed by atoms with E-state index in [2.05, 4.69) is 0 Å². The molecule has 3 aliphatic heterocycles. The van der Waals surface area contributed by atoms with Gasteiger partial charge in [-0.1, -0.05) is 0 Å². The van der Waals surface area contributed by atoms with E-state index < -0.39 is 80.8 Å². The first-order chi connectivity index (χ1) is 27.4. The van der Waals surface area contributed by atoms with Gasteiger partial charge in [0.1, 0.15) is 38.9 Å². The molecule has 0 fully saturated rings. The summed E-state index contributed by atoms with van der Waals surface area (Å²) >= 11 is 2.72. The summed E-state index contributed by atoms with van der Waals surface area (Å²) in [6.45, 7) is 7.91. The molecule has 3 aliphatic rings. The van der Waals surface area contributed by atoms with Crippen LogP contribution in [0.2, 0.25) is 0 Å². The summed E-state index contributed by atoms with van der Waals surface area (Å²) < 4.78 is 160. The zero-order valence-electron chi connectivity index (χ0n) is 31.7. The predicted octanol–water partition coefficient (Wildman–Crippen LogP) is 6.17. The maximum Gasteiger partial charge on any atom is 0.265 e. The Morgan fingerprint density at radius 1 is 0.780 bits per heavy atom. The monoisotopic (exact) mass is 908 g/mol. The van der Waals surface area contributed by atoms with E-state index in [-0.39, 0.29) is 59.9 Å². The fourth-order valence-electron chi connectivity index (χ4n) is 8.59. The molecule has 0 bridgehead atoms. The molecule has 3 aromatic carbocycles. The van der Waals surface area contributed by atoms with Gasteiger partial charge >= 0.3 is 0 Å². The lowest BCUT2D eigenvalue weighted by Crippen LogP contribution is -2.49. The maximum atomic E-state index is 16.4. The minimum atomic E-state index is -5.81. The average molecular weight is 909 g/mol. The molecule has 12 nitrogen and oxygen atoms in total. The van der Waals surface area contributed by atoms with Crippen molar-refractivity contribution in [2.45, 2.75) is 56.5 Å². The van der Waals surface area contributed by atoms with Crippen LogP contribution in [0.1, 0.15) is 62.8 Å². The Hall–Kier alpha value is -4.15. The molecule has 0 radical (unpaired) electrons. The number of hydrogen-bond acceptors (Lipinski definition) is 11. The number of benzene rings is 3. The number of rotatable bonds is 10. The second kappa shape index (κ2) is 13.9. The molecule has 5 heterocycles. The summed E-state index contributed by atoms with van der Waals surface area (Å²) in [6.07, 6.45) is 0.0236. The van der Waals surface area contributed by atoms with Crippen molar-refractivity contribution in [3.63, 3.8) is 0 Å². The molecule has 0 aliphatic carbocycles. The van der Waals surface area contributed by atoms with Gasteiger partial charge < -0.3 is 14.2 Å². The van der Waals surface area contributed by atoms with E-state index in [0.29, 0.717) is 22.2 Å². The Balaban J connectivity index is 1.50. The topological polar surface area (TPSA) is 181 Å². The van der Waals surface area contributed by atoms with Crippen molar-refractivity contribution >= 4 is 64.3 Å². The maximum absolute atomic E-state index is 16.4. The first kappa shape index (κ1) is 41.6. The Morgan fingerprint density at radius 2 is 1.41 bits per heavy atom. The van der Waals surface area contributed by atoms with Crippen LogP contribution in [0.15, 0.2) is 58.1 Å². The highest BCUT2D eigenvalue weighted by atomic mass is 32.2. The van der Waals surface area contributed by atoms with Crippen molar-refractivity contribution in [2.75, 3.05) is 29.5 Å². The third kappa shape index (κ3) is 7.00. The number of hydrogen-bond donors (Lipinski definition) is 2. The number of nitrogens with zero attached hydrogens (tertiary/aromatic N) is 2. The van der Waals surface area contributed by atoms with Gasteiger partial charge in [0, 0.05) is 82.6 Å². The smallest absolute Gasteiger partial charge is 0.265 e. The minimum absolute atomic E-state index is 0.0000208. The van der Waals surface area contributed by atoms with Crippen LogP contribution in [0.4, 0.5) is 18.9 Å². The van der Waals surface area contributed by atoms with E-state index in [1.807, 2.05) is 60.1 Å². The molecule has 0 atom stereocenters. The molecule has 0 saturated carbocycles. The standard InChI is InChI=1S/C39H35F3N2O10S5/c1-38(2)24-7-11-55-35(24)20-15-22-30(18-28(20)43(38)9-5-13-57(45,46)47)54-31-19-29-21(36-25(8-12-56-36)39(3,4)44(29)10-6-14-58(48,49)50)16-23(31)32(22)33-34(42)26(40)17-27(41)37(33)59(51,52)53/h7-8,11-12,15-19H,5-6,9-10,13-14H2,1-4H3,(H2-,45,46,47,48,49,50,51,52,53). The number of halogens is 3. The van der Waals surface area contributed by atoms with Gasteiger partial charge in [0.05, 0.1) is 33.6 Å². The first-order valence-corrected chi connectivity index (χ1v) is 24.5. The van der Waals surface area contributed by atoms with Gasteiger partial charge in [-0.15, -0.1) is 22.7 Å². The number of ether oxygens (including phenoxy) is 1. The van der Waals surface area contributed by atoms with E-state index in [1.54, 1.807) is 24.3 Å².